The Hall–Kier alpha value is -1.83. The maximum Gasteiger partial charge on any atom is 0.253 e. The van der Waals surface area contributed by atoms with E-state index in [2.05, 4.69) is 5.32 Å². The normalized spacial score (nSPS) is 16.1. The SMILES string of the molecule is CCCS(=O)(=O)N1CCC(NC(=O)c2cc(C)n(-c3ccc(Cl)cc3)c2C)CC1. The zero-order valence-corrected chi connectivity index (χ0v) is 18.7. The first kappa shape index (κ1) is 21.9. The van der Waals surface area contributed by atoms with E-state index in [0.717, 1.165) is 17.1 Å². The third-order valence-corrected chi connectivity index (χ3v) is 7.73. The van der Waals surface area contributed by atoms with Crippen molar-refractivity contribution in [1.29, 1.82) is 0 Å². The van der Waals surface area contributed by atoms with Crippen LogP contribution in [-0.2, 0) is 10.0 Å². The van der Waals surface area contributed by atoms with Crippen molar-refractivity contribution in [3.8, 4) is 5.69 Å². The van der Waals surface area contributed by atoms with Crippen LogP contribution in [0.25, 0.3) is 5.69 Å². The predicted octanol–water partition coefficient (Wildman–Crippen LogP) is 3.68. The molecule has 1 fully saturated rings. The molecule has 0 spiro atoms. The number of sulfonamides is 1. The molecule has 1 saturated heterocycles. The van der Waals surface area contributed by atoms with E-state index in [-0.39, 0.29) is 17.7 Å². The third-order valence-electron chi connectivity index (χ3n) is 5.41. The minimum Gasteiger partial charge on any atom is -0.349 e. The van der Waals surface area contributed by atoms with E-state index < -0.39 is 10.0 Å². The second-order valence-corrected chi connectivity index (χ2v) is 10.1. The number of nitrogens with zero attached hydrogens (tertiary/aromatic N) is 2. The number of aryl methyl sites for hydroxylation is 1. The van der Waals surface area contributed by atoms with E-state index >= 15 is 0 Å². The van der Waals surface area contributed by atoms with Crippen molar-refractivity contribution in [2.24, 2.45) is 0 Å². The number of halogens is 1. The van der Waals surface area contributed by atoms with Crippen LogP contribution < -0.4 is 5.32 Å². The average Bonchev–Trinajstić information content (AvgIpc) is 2.97. The van der Waals surface area contributed by atoms with E-state index in [0.29, 0.717) is 42.9 Å². The van der Waals surface area contributed by atoms with E-state index in [1.54, 1.807) is 4.31 Å². The van der Waals surface area contributed by atoms with E-state index in [4.69, 9.17) is 11.6 Å². The molecular weight excluding hydrogens is 410 g/mol. The van der Waals surface area contributed by atoms with Crippen LogP contribution in [0.4, 0.5) is 0 Å². The molecule has 158 valence electrons. The summed E-state index contributed by atoms with van der Waals surface area (Å²) in [5.41, 5.74) is 3.43. The van der Waals surface area contributed by atoms with Gasteiger partial charge in [0.25, 0.3) is 5.91 Å². The highest BCUT2D eigenvalue weighted by Crippen LogP contribution is 2.23. The highest BCUT2D eigenvalue weighted by molar-refractivity contribution is 7.89. The summed E-state index contributed by atoms with van der Waals surface area (Å²) in [4.78, 5) is 12.9. The van der Waals surface area contributed by atoms with Crippen LogP contribution in [0.3, 0.4) is 0 Å². The number of nitrogens with one attached hydrogen (secondary N) is 1. The molecule has 1 aliphatic heterocycles. The molecule has 29 heavy (non-hydrogen) atoms. The van der Waals surface area contributed by atoms with Gasteiger partial charge in [-0.1, -0.05) is 18.5 Å². The van der Waals surface area contributed by atoms with Gasteiger partial charge in [0.05, 0.1) is 11.3 Å². The number of rotatable bonds is 6. The summed E-state index contributed by atoms with van der Waals surface area (Å²) in [6.45, 7) is 6.67. The van der Waals surface area contributed by atoms with Crippen LogP contribution in [0.1, 0.15) is 47.9 Å². The lowest BCUT2D eigenvalue weighted by atomic mass is 10.1. The smallest absolute Gasteiger partial charge is 0.253 e. The quantitative estimate of drug-likeness (QED) is 0.749. The van der Waals surface area contributed by atoms with Crippen molar-refractivity contribution in [1.82, 2.24) is 14.2 Å². The maximum atomic E-state index is 12.9. The molecule has 1 aliphatic rings. The minimum atomic E-state index is -3.17. The number of aromatic nitrogens is 1. The third kappa shape index (κ3) is 4.85. The Labute approximate surface area is 177 Å². The van der Waals surface area contributed by atoms with Crippen LogP contribution in [0, 0.1) is 13.8 Å². The van der Waals surface area contributed by atoms with Crippen molar-refractivity contribution in [3.63, 3.8) is 0 Å². The number of carbonyl (C=O) groups excluding carboxylic acids is 1. The molecular formula is C21H28ClN3O3S. The lowest BCUT2D eigenvalue weighted by Crippen LogP contribution is -2.47. The first-order valence-corrected chi connectivity index (χ1v) is 11.9. The van der Waals surface area contributed by atoms with Crippen molar-refractivity contribution < 1.29 is 13.2 Å². The van der Waals surface area contributed by atoms with Crippen LogP contribution in [-0.4, -0.2) is 48.1 Å². The summed E-state index contributed by atoms with van der Waals surface area (Å²) in [5, 5.41) is 3.75. The summed E-state index contributed by atoms with van der Waals surface area (Å²) in [5.74, 6) is 0.0638. The molecule has 0 unspecified atom stereocenters. The van der Waals surface area contributed by atoms with Crippen LogP contribution in [0.15, 0.2) is 30.3 Å². The first-order valence-electron chi connectivity index (χ1n) is 9.96. The van der Waals surface area contributed by atoms with Crippen molar-refractivity contribution >= 4 is 27.5 Å². The van der Waals surface area contributed by atoms with Gasteiger partial charge in [-0.25, -0.2) is 12.7 Å². The Morgan fingerprint density at radius 2 is 1.79 bits per heavy atom. The molecule has 1 aromatic carbocycles. The van der Waals surface area contributed by atoms with E-state index in [1.165, 1.54) is 0 Å². The van der Waals surface area contributed by atoms with Gasteiger partial charge in [-0.3, -0.25) is 4.79 Å². The van der Waals surface area contributed by atoms with Gasteiger partial charge in [-0.05, 0) is 63.4 Å². The maximum absolute atomic E-state index is 12.9. The van der Waals surface area contributed by atoms with Crippen molar-refractivity contribution in [2.45, 2.75) is 46.1 Å². The van der Waals surface area contributed by atoms with Crippen LogP contribution in [0.5, 0.6) is 0 Å². The van der Waals surface area contributed by atoms with Gasteiger partial charge in [-0.2, -0.15) is 0 Å². The van der Waals surface area contributed by atoms with Gasteiger partial charge in [0, 0.05) is 41.2 Å². The fourth-order valence-corrected chi connectivity index (χ4v) is 5.58. The van der Waals surface area contributed by atoms with E-state index in [1.807, 2.05) is 55.7 Å². The molecule has 3 rings (SSSR count). The molecule has 6 nitrogen and oxygen atoms in total. The second kappa shape index (κ2) is 8.90. The number of hydrogen-bond donors (Lipinski definition) is 1. The highest BCUT2D eigenvalue weighted by Gasteiger charge is 2.28. The number of benzene rings is 1. The van der Waals surface area contributed by atoms with Crippen LogP contribution >= 0.6 is 11.6 Å². The fourth-order valence-electron chi connectivity index (χ4n) is 3.91. The second-order valence-electron chi connectivity index (χ2n) is 7.56. The molecule has 0 bridgehead atoms. The molecule has 0 saturated carbocycles. The lowest BCUT2D eigenvalue weighted by Gasteiger charge is -2.31. The zero-order valence-electron chi connectivity index (χ0n) is 17.1. The topological polar surface area (TPSA) is 71.4 Å². The Morgan fingerprint density at radius 3 is 2.38 bits per heavy atom. The van der Waals surface area contributed by atoms with Crippen LogP contribution in [0.2, 0.25) is 5.02 Å². The van der Waals surface area contributed by atoms with Gasteiger partial charge < -0.3 is 9.88 Å². The summed E-state index contributed by atoms with van der Waals surface area (Å²) in [6, 6.07) is 9.38. The molecule has 1 N–H and O–H groups in total. The largest absolute Gasteiger partial charge is 0.349 e. The molecule has 0 radical (unpaired) electrons. The number of carbonyl (C=O) groups is 1. The molecule has 1 aromatic heterocycles. The first-order chi connectivity index (χ1) is 13.7. The fraction of sp³-hybridized carbons (Fsp3) is 0.476. The Bertz CT molecular complexity index is 975. The Morgan fingerprint density at radius 1 is 1.17 bits per heavy atom. The summed E-state index contributed by atoms with van der Waals surface area (Å²) in [6.07, 6.45) is 1.87. The Kier molecular flexibility index (Phi) is 6.71. The van der Waals surface area contributed by atoms with Gasteiger partial charge in [0.15, 0.2) is 0 Å². The summed E-state index contributed by atoms with van der Waals surface area (Å²) >= 11 is 5.98. The van der Waals surface area contributed by atoms with Crippen molar-refractivity contribution in [3.05, 3.63) is 52.3 Å². The molecule has 0 aliphatic carbocycles. The van der Waals surface area contributed by atoms with Crippen molar-refractivity contribution in [2.75, 3.05) is 18.8 Å². The number of amides is 1. The molecule has 2 heterocycles. The monoisotopic (exact) mass is 437 g/mol. The predicted molar refractivity (Wildman–Crippen MR) is 116 cm³/mol. The van der Waals surface area contributed by atoms with Gasteiger partial charge in [-0.15, -0.1) is 0 Å². The van der Waals surface area contributed by atoms with Gasteiger partial charge in [0.1, 0.15) is 0 Å². The van der Waals surface area contributed by atoms with E-state index in [9.17, 15) is 13.2 Å². The molecule has 8 heteroatoms. The molecule has 2 aromatic rings. The zero-order chi connectivity index (χ0) is 21.2. The number of piperidine rings is 1. The lowest BCUT2D eigenvalue weighted by molar-refractivity contribution is 0.0923. The molecule has 0 atom stereocenters. The highest BCUT2D eigenvalue weighted by atomic mass is 35.5. The standard InChI is InChI=1S/C21H28ClN3O3S/c1-4-13-29(27,28)24-11-9-18(10-12-24)23-21(26)20-14-15(2)25(16(20)3)19-7-5-17(22)6-8-19/h5-8,14,18H,4,9-13H2,1-3H3,(H,23,26). The summed E-state index contributed by atoms with van der Waals surface area (Å²) < 4.78 is 28.0. The van der Waals surface area contributed by atoms with Gasteiger partial charge in [0.2, 0.25) is 10.0 Å². The van der Waals surface area contributed by atoms with Gasteiger partial charge >= 0.3 is 0 Å². The number of hydrogen-bond acceptors (Lipinski definition) is 3. The minimum absolute atomic E-state index is 0.0193. The summed E-state index contributed by atoms with van der Waals surface area (Å²) in [7, 11) is -3.17. The molecule has 1 amide bonds. The average molecular weight is 438 g/mol. The Balaban J connectivity index is 1.68.